The Morgan fingerprint density at radius 1 is 1.33 bits per heavy atom. The first-order chi connectivity index (χ1) is 11.5. The fourth-order valence-electron chi connectivity index (χ4n) is 2.01. The van der Waals surface area contributed by atoms with Gasteiger partial charge >= 0.3 is 0 Å². The van der Waals surface area contributed by atoms with Gasteiger partial charge in [0.2, 0.25) is 5.91 Å². The zero-order chi connectivity index (χ0) is 17.5. The molecule has 0 aliphatic rings. The highest BCUT2D eigenvalue weighted by Gasteiger charge is 2.10. The molecule has 2 aromatic rings. The SMILES string of the molecule is COc1ccc(F)cc1CSCC(=O)Nc1cccc([N+](=O)[O-])c1. The van der Waals surface area contributed by atoms with Crippen molar-refractivity contribution >= 4 is 29.0 Å². The summed E-state index contributed by atoms with van der Waals surface area (Å²) in [5.74, 6) is 0.428. The van der Waals surface area contributed by atoms with Crippen LogP contribution < -0.4 is 10.1 Å². The third-order valence-electron chi connectivity index (χ3n) is 3.07. The molecule has 0 heterocycles. The average Bonchev–Trinajstić information content (AvgIpc) is 2.55. The fraction of sp³-hybridized carbons (Fsp3) is 0.188. The topological polar surface area (TPSA) is 81.5 Å². The van der Waals surface area contributed by atoms with Crippen LogP contribution in [0.1, 0.15) is 5.56 Å². The predicted octanol–water partition coefficient (Wildman–Crippen LogP) is 3.61. The number of hydrogen-bond acceptors (Lipinski definition) is 5. The molecule has 0 fully saturated rings. The second kappa shape index (κ2) is 8.30. The number of nitrogens with one attached hydrogen (secondary N) is 1. The molecule has 2 aromatic carbocycles. The van der Waals surface area contributed by atoms with Crippen LogP contribution in [0.2, 0.25) is 0 Å². The Hall–Kier alpha value is -2.61. The summed E-state index contributed by atoms with van der Waals surface area (Å²) in [7, 11) is 1.50. The van der Waals surface area contributed by atoms with Crippen molar-refractivity contribution in [1.29, 1.82) is 0 Å². The summed E-state index contributed by atoms with van der Waals surface area (Å²) in [4.78, 5) is 22.1. The van der Waals surface area contributed by atoms with Crippen LogP contribution in [-0.4, -0.2) is 23.7 Å². The van der Waals surface area contributed by atoms with Crippen molar-refractivity contribution in [1.82, 2.24) is 0 Å². The van der Waals surface area contributed by atoms with E-state index in [-0.39, 0.29) is 23.2 Å². The highest BCUT2D eigenvalue weighted by atomic mass is 32.2. The van der Waals surface area contributed by atoms with Crippen molar-refractivity contribution in [3.63, 3.8) is 0 Å². The minimum atomic E-state index is -0.527. The summed E-state index contributed by atoms with van der Waals surface area (Å²) < 4.78 is 18.4. The lowest BCUT2D eigenvalue weighted by Gasteiger charge is -2.09. The number of nitrogens with zero attached hydrogens (tertiary/aromatic N) is 1. The zero-order valence-electron chi connectivity index (χ0n) is 12.8. The molecule has 0 atom stereocenters. The Labute approximate surface area is 142 Å². The van der Waals surface area contributed by atoms with E-state index < -0.39 is 4.92 Å². The lowest BCUT2D eigenvalue weighted by molar-refractivity contribution is -0.384. The van der Waals surface area contributed by atoms with Crippen molar-refractivity contribution in [2.75, 3.05) is 18.2 Å². The van der Waals surface area contributed by atoms with E-state index in [4.69, 9.17) is 4.74 Å². The molecule has 0 saturated heterocycles. The van der Waals surface area contributed by atoms with E-state index in [0.29, 0.717) is 22.8 Å². The summed E-state index contributed by atoms with van der Waals surface area (Å²) in [5, 5.41) is 13.3. The van der Waals surface area contributed by atoms with Gasteiger partial charge in [-0.15, -0.1) is 11.8 Å². The quantitative estimate of drug-likeness (QED) is 0.609. The summed E-state index contributed by atoms with van der Waals surface area (Å²) >= 11 is 1.29. The Bertz CT molecular complexity index is 755. The van der Waals surface area contributed by atoms with E-state index in [1.54, 1.807) is 6.07 Å². The summed E-state index contributed by atoms with van der Waals surface area (Å²) in [6, 6.07) is 9.92. The van der Waals surface area contributed by atoms with Gasteiger partial charge in [0.25, 0.3) is 5.69 Å². The van der Waals surface area contributed by atoms with Crippen molar-refractivity contribution in [2.24, 2.45) is 0 Å². The standard InChI is InChI=1S/C16H15FN2O4S/c1-23-15-6-5-12(17)7-11(15)9-24-10-16(20)18-13-3-2-4-14(8-13)19(21)22/h2-8H,9-10H2,1H3,(H,18,20). The minimum absolute atomic E-state index is 0.0926. The lowest BCUT2D eigenvalue weighted by Crippen LogP contribution is -2.14. The molecular formula is C16H15FN2O4S. The first kappa shape index (κ1) is 17.7. The molecule has 24 heavy (non-hydrogen) atoms. The van der Waals surface area contributed by atoms with Gasteiger partial charge in [0.1, 0.15) is 11.6 Å². The number of thioether (sulfide) groups is 1. The van der Waals surface area contributed by atoms with Crippen molar-refractivity contribution in [3.8, 4) is 5.75 Å². The number of halogens is 1. The summed E-state index contributed by atoms with van der Waals surface area (Å²) in [6.45, 7) is 0. The molecule has 2 rings (SSSR count). The summed E-state index contributed by atoms with van der Waals surface area (Å²) in [6.07, 6.45) is 0. The molecule has 8 heteroatoms. The molecule has 6 nitrogen and oxygen atoms in total. The van der Waals surface area contributed by atoms with Crippen LogP contribution in [-0.2, 0) is 10.5 Å². The number of non-ortho nitro benzene ring substituents is 1. The van der Waals surface area contributed by atoms with Crippen molar-refractivity contribution in [2.45, 2.75) is 5.75 Å². The van der Waals surface area contributed by atoms with Crippen molar-refractivity contribution in [3.05, 3.63) is 64.0 Å². The zero-order valence-corrected chi connectivity index (χ0v) is 13.6. The molecule has 0 aliphatic carbocycles. The Morgan fingerprint density at radius 2 is 2.12 bits per heavy atom. The number of nitro groups is 1. The molecule has 0 spiro atoms. The molecule has 0 unspecified atom stereocenters. The highest BCUT2D eigenvalue weighted by molar-refractivity contribution is 7.99. The number of ether oxygens (including phenoxy) is 1. The Kier molecular flexibility index (Phi) is 6.14. The third-order valence-corrected chi connectivity index (χ3v) is 4.06. The van der Waals surface area contributed by atoms with Crippen LogP contribution in [0, 0.1) is 15.9 Å². The first-order valence-electron chi connectivity index (χ1n) is 6.94. The molecule has 0 saturated carbocycles. The van der Waals surface area contributed by atoms with Crippen LogP contribution in [0.3, 0.4) is 0 Å². The largest absolute Gasteiger partial charge is 0.496 e. The van der Waals surface area contributed by atoms with Gasteiger partial charge in [0, 0.05) is 29.1 Å². The van der Waals surface area contributed by atoms with Gasteiger partial charge < -0.3 is 10.1 Å². The molecule has 126 valence electrons. The predicted molar refractivity (Wildman–Crippen MR) is 90.8 cm³/mol. The smallest absolute Gasteiger partial charge is 0.271 e. The van der Waals surface area contributed by atoms with Gasteiger partial charge in [0.05, 0.1) is 17.8 Å². The van der Waals surface area contributed by atoms with Crippen molar-refractivity contribution < 1.29 is 18.8 Å². The van der Waals surface area contributed by atoms with Crippen LogP contribution in [0.5, 0.6) is 5.75 Å². The molecule has 0 aromatic heterocycles. The number of methoxy groups -OCH3 is 1. The average molecular weight is 350 g/mol. The maximum absolute atomic E-state index is 13.3. The van der Waals surface area contributed by atoms with Crippen LogP contribution in [0.15, 0.2) is 42.5 Å². The first-order valence-corrected chi connectivity index (χ1v) is 8.09. The van der Waals surface area contributed by atoms with E-state index in [1.165, 1.54) is 55.3 Å². The molecule has 0 aliphatic heterocycles. The number of benzene rings is 2. The third kappa shape index (κ3) is 4.95. The molecule has 0 radical (unpaired) electrons. The molecule has 0 bridgehead atoms. The molecule has 1 amide bonds. The normalized spacial score (nSPS) is 10.2. The fourth-order valence-corrected chi connectivity index (χ4v) is 2.81. The number of anilines is 1. The lowest BCUT2D eigenvalue weighted by atomic mass is 10.2. The number of carbonyl (C=O) groups is 1. The van der Waals surface area contributed by atoms with Gasteiger partial charge in [-0.1, -0.05) is 6.07 Å². The Morgan fingerprint density at radius 3 is 2.83 bits per heavy atom. The van der Waals surface area contributed by atoms with Crippen LogP contribution in [0.4, 0.5) is 15.8 Å². The van der Waals surface area contributed by atoms with Gasteiger partial charge in [-0.3, -0.25) is 14.9 Å². The van der Waals surface area contributed by atoms with Gasteiger partial charge in [-0.05, 0) is 24.3 Å². The van der Waals surface area contributed by atoms with Gasteiger partial charge in [-0.25, -0.2) is 4.39 Å². The number of amides is 1. The second-order valence-corrected chi connectivity index (χ2v) is 5.79. The van der Waals surface area contributed by atoms with E-state index in [2.05, 4.69) is 5.32 Å². The number of nitro benzene ring substituents is 1. The monoisotopic (exact) mass is 350 g/mol. The summed E-state index contributed by atoms with van der Waals surface area (Å²) in [5.41, 5.74) is 0.925. The highest BCUT2D eigenvalue weighted by Crippen LogP contribution is 2.24. The minimum Gasteiger partial charge on any atom is -0.496 e. The van der Waals surface area contributed by atoms with Gasteiger partial charge in [0.15, 0.2) is 0 Å². The maximum Gasteiger partial charge on any atom is 0.271 e. The number of rotatable bonds is 7. The van der Waals surface area contributed by atoms with Crippen LogP contribution >= 0.6 is 11.8 Å². The Balaban J connectivity index is 1.89. The van der Waals surface area contributed by atoms with Crippen LogP contribution in [0.25, 0.3) is 0 Å². The molecule has 1 N–H and O–H groups in total. The maximum atomic E-state index is 13.3. The number of hydrogen-bond donors (Lipinski definition) is 1. The van der Waals surface area contributed by atoms with E-state index in [9.17, 15) is 19.3 Å². The molecular weight excluding hydrogens is 335 g/mol. The second-order valence-electron chi connectivity index (χ2n) is 4.80. The van der Waals surface area contributed by atoms with E-state index in [1.807, 2.05) is 0 Å². The van der Waals surface area contributed by atoms with E-state index >= 15 is 0 Å². The van der Waals surface area contributed by atoms with Gasteiger partial charge in [-0.2, -0.15) is 0 Å². The number of carbonyl (C=O) groups excluding carboxylic acids is 1. The van der Waals surface area contributed by atoms with E-state index in [0.717, 1.165) is 0 Å².